The lowest BCUT2D eigenvalue weighted by Crippen LogP contribution is -2.27. The maximum Gasteiger partial charge on any atom is 0.230 e. The molecule has 4 nitrogen and oxygen atoms in total. The van der Waals surface area contributed by atoms with Gasteiger partial charge in [0.15, 0.2) is 0 Å². The van der Waals surface area contributed by atoms with E-state index in [2.05, 4.69) is 5.32 Å². The van der Waals surface area contributed by atoms with Gasteiger partial charge in [-0.2, -0.15) is 0 Å². The summed E-state index contributed by atoms with van der Waals surface area (Å²) in [5.74, 6) is 1.94. The fourth-order valence-electron chi connectivity index (χ4n) is 1.56. The van der Waals surface area contributed by atoms with E-state index in [-0.39, 0.29) is 11.9 Å². The molecule has 0 saturated heterocycles. The molecule has 2 aromatic rings. The monoisotopic (exact) mass is 265 g/mol. The van der Waals surface area contributed by atoms with Crippen molar-refractivity contribution >= 4 is 17.7 Å². The number of rotatable bonds is 5. The molecule has 2 heterocycles. The summed E-state index contributed by atoms with van der Waals surface area (Å²) in [4.78, 5) is 12.7. The third kappa shape index (κ3) is 3.20. The van der Waals surface area contributed by atoms with Crippen LogP contribution < -0.4 is 5.32 Å². The predicted molar refractivity (Wildman–Crippen MR) is 69.4 cm³/mol. The van der Waals surface area contributed by atoms with Gasteiger partial charge in [-0.1, -0.05) is 0 Å². The van der Waals surface area contributed by atoms with E-state index in [0.29, 0.717) is 5.75 Å². The van der Waals surface area contributed by atoms with Crippen molar-refractivity contribution in [3.8, 4) is 0 Å². The van der Waals surface area contributed by atoms with Gasteiger partial charge in [-0.05, 0) is 32.0 Å². The van der Waals surface area contributed by atoms with E-state index in [4.69, 9.17) is 8.83 Å². The highest BCUT2D eigenvalue weighted by Gasteiger charge is 2.12. The summed E-state index contributed by atoms with van der Waals surface area (Å²) in [5, 5.41) is 2.88. The zero-order valence-corrected chi connectivity index (χ0v) is 11.1. The van der Waals surface area contributed by atoms with E-state index in [1.807, 2.05) is 32.0 Å². The summed E-state index contributed by atoms with van der Waals surface area (Å²) in [6.45, 7) is 3.77. The number of amides is 1. The Labute approximate surface area is 110 Å². The highest BCUT2D eigenvalue weighted by Crippen LogP contribution is 2.23. The van der Waals surface area contributed by atoms with Gasteiger partial charge in [0.25, 0.3) is 0 Å². The largest absolute Gasteiger partial charge is 0.468 e. The second kappa shape index (κ2) is 5.82. The second-order valence-corrected chi connectivity index (χ2v) is 4.95. The van der Waals surface area contributed by atoms with Crippen LogP contribution in [0.2, 0.25) is 0 Å². The van der Waals surface area contributed by atoms with Crippen LogP contribution in [0.4, 0.5) is 0 Å². The van der Waals surface area contributed by atoms with E-state index in [0.717, 1.165) is 16.4 Å². The van der Waals surface area contributed by atoms with Crippen LogP contribution in [0.3, 0.4) is 0 Å². The number of thioether (sulfide) groups is 1. The molecule has 0 unspecified atom stereocenters. The summed E-state index contributed by atoms with van der Waals surface area (Å²) in [7, 11) is 0. The molecule has 0 radical (unpaired) electrons. The third-order valence-electron chi connectivity index (χ3n) is 2.52. The molecule has 0 aliphatic rings. The van der Waals surface area contributed by atoms with Crippen molar-refractivity contribution in [2.24, 2.45) is 0 Å². The SMILES string of the molecule is Cc1occc1SCC(=O)N[C@H](C)c1ccco1. The smallest absolute Gasteiger partial charge is 0.230 e. The van der Waals surface area contributed by atoms with Crippen LogP contribution in [-0.2, 0) is 4.79 Å². The Morgan fingerprint density at radius 3 is 2.83 bits per heavy atom. The van der Waals surface area contributed by atoms with Crippen LogP contribution in [0.25, 0.3) is 0 Å². The molecule has 0 saturated carbocycles. The summed E-state index contributed by atoms with van der Waals surface area (Å²) in [6.07, 6.45) is 3.22. The minimum absolute atomic E-state index is 0.0236. The number of furan rings is 2. The Morgan fingerprint density at radius 2 is 2.22 bits per heavy atom. The lowest BCUT2D eigenvalue weighted by atomic mass is 10.2. The van der Waals surface area contributed by atoms with Crippen LogP contribution in [0.1, 0.15) is 24.5 Å². The number of hydrogen-bond acceptors (Lipinski definition) is 4. The average Bonchev–Trinajstić information content (AvgIpc) is 2.97. The molecule has 5 heteroatoms. The molecule has 0 aromatic carbocycles. The number of carbonyl (C=O) groups excluding carboxylic acids is 1. The van der Waals surface area contributed by atoms with Gasteiger partial charge in [0.2, 0.25) is 5.91 Å². The van der Waals surface area contributed by atoms with Gasteiger partial charge in [-0.25, -0.2) is 0 Å². The fourth-order valence-corrected chi connectivity index (χ4v) is 2.33. The summed E-state index contributed by atoms with van der Waals surface area (Å²) in [5.41, 5.74) is 0. The van der Waals surface area contributed by atoms with Gasteiger partial charge in [-0.3, -0.25) is 4.79 Å². The van der Waals surface area contributed by atoms with Gasteiger partial charge in [0.05, 0.1) is 24.3 Å². The number of carbonyl (C=O) groups is 1. The van der Waals surface area contributed by atoms with E-state index in [1.165, 1.54) is 11.8 Å². The van der Waals surface area contributed by atoms with E-state index >= 15 is 0 Å². The highest BCUT2D eigenvalue weighted by atomic mass is 32.2. The van der Waals surface area contributed by atoms with Crippen molar-refractivity contribution in [2.45, 2.75) is 24.8 Å². The van der Waals surface area contributed by atoms with Crippen LogP contribution in [0.5, 0.6) is 0 Å². The maximum absolute atomic E-state index is 11.8. The Kier molecular flexibility index (Phi) is 4.15. The first-order valence-electron chi connectivity index (χ1n) is 5.66. The van der Waals surface area contributed by atoms with Gasteiger partial charge in [0.1, 0.15) is 11.5 Å². The lowest BCUT2D eigenvalue weighted by molar-refractivity contribution is -0.119. The number of hydrogen-bond donors (Lipinski definition) is 1. The Hall–Kier alpha value is -1.62. The lowest BCUT2D eigenvalue weighted by Gasteiger charge is -2.10. The fraction of sp³-hybridized carbons (Fsp3) is 0.308. The molecule has 1 N–H and O–H groups in total. The minimum atomic E-state index is -0.112. The van der Waals surface area contributed by atoms with Gasteiger partial charge < -0.3 is 14.2 Å². The normalized spacial score (nSPS) is 12.3. The number of aryl methyl sites for hydroxylation is 1. The number of nitrogens with one attached hydrogen (secondary N) is 1. The molecule has 0 aliphatic heterocycles. The van der Waals surface area contributed by atoms with Gasteiger partial charge >= 0.3 is 0 Å². The maximum atomic E-state index is 11.8. The third-order valence-corrected chi connectivity index (χ3v) is 3.66. The summed E-state index contributed by atoms with van der Waals surface area (Å²) < 4.78 is 10.4. The first kappa shape index (κ1) is 12.8. The van der Waals surface area contributed by atoms with Crippen LogP contribution >= 0.6 is 11.8 Å². The topological polar surface area (TPSA) is 55.4 Å². The molecule has 0 aliphatic carbocycles. The molecule has 0 bridgehead atoms. The van der Waals surface area contributed by atoms with Gasteiger partial charge in [-0.15, -0.1) is 11.8 Å². The molecule has 18 heavy (non-hydrogen) atoms. The second-order valence-electron chi connectivity index (χ2n) is 3.93. The predicted octanol–water partition coefficient (Wildman–Crippen LogP) is 3.15. The van der Waals surface area contributed by atoms with Crippen molar-refractivity contribution < 1.29 is 13.6 Å². The molecule has 1 atom stereocenters. The van der Waals surface area contributed by atoms with Crippen LogP contribution in [0, 0.1) is 6.92 Å². The summed E-state index contributed by atoms with van der Waals surface area (Å²) >= 11 is 1.46. The molecule has 1 amide bonds. The zero-order chi connectivity index (χ0) is 13.0. The molecule has 0 spiro atoms. The average molecular weight is 265 g/mol. The molecular formula is C13H15NO3S. The Bertz CT molecular complexity index is 504. The molecule has 0 fully saturated rings. The van der Waals surface area contributed by atoms with Crippen LogP contribution in [-0.4, -0.2) is 11.7 Å². The molecular weight excluding hydrogens is 250 g/mol. The van der Waals surface area contributed by atoms with Crippen molar-refractivity contribution in [1.29, 1.82) is 0 Å². The van der Waals surface area contributed by atoms with Gasteiger partial charge in [0, 0.05) is 4.90 Å². The Morgan fingerprint density at radius 1 is 1.39 bits per heavy atom. The quantitative estimate of drug-likeness (QED) is 0.844. The van der Waals surface area contributed by atoms with E-state index in [1.54, 1.807) is 12.5 Å². The molecule has 96 valence electrons. The summed E-state index contributed by atoms with van der Waals surface area (Å²) in [6, 6.07) is 5.40. The highest BCUT2D eigenvalue weighted by molar-refractivity contribution is 8.00. The van der Waals surface area contributed by atoms with E-state index < -0.39 is 0 Å². The zero-order valence-electron chi connectivity index (χ0n) is 10.3. The minimum Gasteiger partial charge on any atom is -0.468 e. The van der Waals surface area contributed by atoms with Crippen molar-refractivity contribution in [3.63, 3.8) is 0 Å². The molecule has 2 aromatic heterocycles. The van der Waals surface area contributed by atoms with Crippen LogP contribution in [0.15, 0.2) is 44.5 Å². The van der Waals surface area contributed by atoms with E-state index in [9.17, 15) is 4.79 Å². The first-order valence-corrected chi connectivity index (χ1v) is 6.65. The van der Waals surface area contributed by atoms with Crippen molar-refractivity contribution in [2.75, 3.05) is 5.75 Å². The molecule has 2 rings (SSSR count). The van der Waals surface area contributed by atoms with Crippen molar-refractivity contribution in [3.05, 3.63) is 42.2 Å². The Balaban J connectivity index is 1.81. The van der Waals surface area contributed by atoms with Crippen molar-refractivity contribution in [1.82, 2.24) is 5.32 Å². The standard InChI is InChI=1S/C13H15NO3S/c1-9(11-4-3-6-17-11)14-13(15)8-18-12-5-7-16-10(12)2/h3-7,9H,8H2,1-2H3,(H,14,15)/t9-/m1/s1. The first-order chi connectivity index (χ1) is 8.66.